The molecule has 0 aliphatic rings. The summed E-state index contributed by atoms with van der Waals surface area (Å²) in [6.45, 7) is 4.25. The Balaban J connectivity index is 2.45. The zero-order valence-corrected chi connectivity index (χ0v) is 9.38. The maximum atomic E-state index is 11.6. The molecule has 1 unspecified atom stereocenters. The predicted octanol–water partition coefficient (Wildman–Crippen LogP) is 2.09. The number of thiazole rings is 1. The normalized spacial score (nSPS) is 13.1. The second kappa shape index (κ2) is 5.22. The van der Waals surface area contributed by atoms with Gasteiger partial charge < -0.3 is 5.73 Å². The Kier molecular flexibility index (Phi) is 4.22. The first-order valence-electron chi connectivity index (χ1n) is 4.79. The van der Waals surface area contributed by atoms with Gasteiger partial charge in [-0.05, 0) is 18.8 Å². The van der Waals surface area contributed by atoms with Crippen molar-refractivity contribution in [2.75, 3.05) is 0 Å². The fraction of sp³-hybridized carbons (Fsp3) is 0.600. The highest BCUT2D eigenvalue weighted by Crippen LogP contribution is 2.10. The minimum atomic E-state index is -0.389. The molecule has 1 aromatic rings. The van der Waals surface area contributed by atoms with E-state index in [1.807, 2.05) is 0 Å². The Labute approximate surface area is 88.3 Å². The van der Waals surface area contributed by atoms with E-state index < -0.39 is 0 Å². The molecule has 4 heteroatoms. The van der Waals surface area contributed by atoms with E-state index in [1.165, 1.54) is 11.3 Å². The van der Waals surface area contributed by atoms with Gasteiger partial charge in [0.05, 0.1) is 11.6 Å². The van der Waals surface area contributed by atoms with E-state index in [-0.39, 0.29) is 11.8 Å². The number of hydrogen-bond donors (Lipinski definition) is 1. The molecule has 2 N–H and O–H groups in total. The Bertz CT molecular complexity index is 282. The Morgan fingerprint density at radius 1 is 1.57 bits per heavy atom. The predicted molar refractivity (Wildman–Crippen MR) is 58.5 cm³/mol. The summed E-state index contributed by atoms with van der Waals surface area (Å²) in [6.07, 6.45) is 1.73. The molecule has 1 atom stereocenters. The summed E-state index contributed by atoms with van der Waals surface area (Å²) >= 11 is 1.42. The van der Waals surface area contributed by atoms with Crippen molar-refractivity contribution in [1.29, 1.82) is 0 Å². The van der Waals surface area contributed by atoms with E-state index in [0.717, 1.165) is 12.8 Å². The van der Waals surface area contributed by atoms with Crippen molar-refractivity contribution in [2.45, 2.75) is 32.7 Å². The summed E-state index contributed by atoms with van der Waals surface area (Å²) in [5.41, 5.74) is 7.93. The highest BCUT2D eigenvalue weighted by molar-refractivity contribution is 7.07. The molecule has 78 valence electrons. The van der Waals surface area contributed by atoms with E-state index in [4.69, 9.17) is 5.73 Å². The summed E-state index contributed by atoms with van der Waals surface area (Å²) in [5.74, 6) is 0.552. The lowest BCUT2D eigenvalue weighted by Crippen LogP contribution is -2.31. The van der Waals surface area contributed by atoms with Crippen molar-refractivity contribution in [1.82, 2.24) is 4.98 Å². The van der Waals surface area contributed by atoms with Crippen LogP contribution in [0.15, 0.2) is 10.9 Å². The Hall–Kier alpha value is -0.740. The maximum Gasteiger partial charge on any atom is 0.198 e. The average Bonchev–Trinajstić information content (AvgIpc) is 2.65. The molecule has 0 radical (unpaired) electrons. The average molecular weight is 212 g/mol. The van der Waals surface area contributed by atoms with Crippen LogP contribution in [-0.4, -0.2) is 16.8 Å². The van der Waals surface area contributed by atoms with Crippen LogP contribution in [0.1, 0.15) is 37.2 Å². The van der Waals surface area contributed by atoms with E-state index in [1.54, 1.807) is 10.9 Å². The van der Waals surface area contributed by atoms with Gasteiger partial charge in [-0.15, -0.1) is 11.3 Å². The van der Waals surface area contributed by atoms with Gasteiger partial charge in [-0.25, -0.2) is 4.98 Å². The van der Waals surface area contributed by atoms with Crippen LogP contribution in [0.4, 0.5) is 0 Å². The molecule has 1 rings (SSSR count). The van der Waals surface area contributed by atoms with Crippen molar-refractivity contribution in [3.8, 4) is 0 Å². The topological polar surface area (TPSA) is 56.0 Å². The molecule has 1 heterocycles. The van der Waals surface area contributed by atoms with Gasteiger partial charge in [-0.1, -0.05) is 13.8 Å². The Morgan fingerprint density at radius 3 is 2.79 bits per heavy atom. The lowest BCUT2D eigenvalue weighted by molar-refractivity contribution is 0.0950. The first-order valence-corrected chi connectivity index (χ1v) is 5.73. The zero-order chi connectivity index (χ0) is 10.6. The van der Waals surface area contributed by atoms with E-state index in [0.29, 0.717) is 11.6 Å². The van der Waals surface area contributed by atoms with Crippen molar-refractivity contribution in [3.05, 3.63) is 16.6 Å². The van der Waals surface area contributed by atoms with Crippen LogP contribution in [0.5, 0.6) is 0 Å². The monoisotopic (exact) mass is 212 g/mol. The largest absolute Gasteiger partial charge is 0.321 e. The molecule has 0 aliphatic carbocycles. The van der Waals surface area contributed by atoms with Crippen LogP contribution in [-0.2, 0) is 0 Å². The fourth-order valence-electron chi connectivity index (χ4n) is 1.17. The molecule has 0 fully saturated rings. The number of carbonyl (C=O) groups is 1. The third kappa shape index (κ3) is 3.20. The van der Waals surface area contributed by atoms with E-state index in [9.17, 15) is 4.79 Å². The molecule has 14 heavy (non-hydrogen) atoms. The first kappa shape index (κ1) is 11.3. The molecule has 0 aliphatic heterocycles. The number of aromatic nitrogens is 1. The molecule has 0 amide bonds. The van der Waals surface area contributed by atoms with Crippen molar-refractivity contribution < 1.29 is 4.79 Å². The molecule has 0 saturated heterocycles. The number of rotatable bonds is 5. The van der Waals surface area contributed by atoms with Crippen LogP contribution >= 0.6 is 11.3 Å². The number of nitrogens with zero attached hydrogens (tertiary/aromatic N) is 1. The molecule has 0 bridgehead atoms. The lowest BCUT2D eigenvalue weighted by Gasteiger charge is -2.10. The van der Waals surface area contributed by atoms with Crippen LogP contribution in [0.25, 0.3) is 0 Å². The van der Waals surface area contributed by atoms with Gasteiger partial charge in [-0.2, -0.15) is 0 Å². The third-order valence-corrected chi connectivity index (χ3v) is 2.66. The van der Waals surface area contributed by atoms with Gasteiger partial charge in [-0.3, -0.25) is 4.79 Å². The first-order chi connectivity index (χ1) is 6.61. The van der Waals surface area contributed by atoms with Crippen molar-refractivity contribution >= 4 is 17.1 Å². The smallest absolute Gasteiger partial charge is 0.198 e. The van der Waals surface area contributed by atoms with Gasteiger partial charge >= 0.3 is 0 Å². The highest BCUT2D eigenvalue weighted by atomic mass is 32.1. The highest BCUT2D eigenvalue weighted by Gasteiger charge is 2.17. The number of hydrogen-bond acceptors (Lipinski definition) is 4. The number of Topliss-reactive ketones (excluding diaryl/α,β-unsaturated/α-hetero) is 1. The number of carbonyl (C=O) groups excluding carboxylic acids is 1. The van der Waals surface area contributed by atoms with Crippen LogP contribution < -0.4 is 5.73 Å². The molecular weight excluding hydrogens is 196 g/mol. The zero-order valence-electron chi connectivity index (χ0n) is 8.56. The van der Waals surface area contributed by atoms with Gasteiger partial charge in [0.2, 0.25) is 0 Å². The summed E-state index contributed by atoms with van der Waals surface area (Å²) in [7, 11) is 0. The summed E-state index contributed by atoms with van der Waals surface area (Å²) in [5, 5.41) is 1.75. The van der Waals surface area contributed by atoms with Crippen LogP contribution in [0, 0.1) is 5.92 Å². The van der Waals surface area contributed by atoms with E-state index >= 15 is 0 Å². The SMILES string of the molecule is CC(C)CCC(N)C(=O)c1cscn1. The van der Waals surface area contributed by atoms with Gasteiger partial charge in [0.1, 0.15) is 5.69 Å². The van der Waals surface area contributed by atoms with Crippen LogP contribution in [0.3, 0.4) is 0 Å². The maximum absolute atomic E-state index is 11.6. The van der Waals surface area contributed by atoms with E-state index in [2.05, 4.69) is 18.8 Å². The van der Waals surface area contributed by atoms with Gasteiger partial charge in [0.25, 0.3) is 0 Å². The van der Waals surface area contributed by atoms with Crippen molar-refractivity contribution in [3.63, 3.8) is 0 Å². The molecule has 0 saturated carbocycles. The second-order valence-electron chi connectivity index (χ2n) is 3.82. The van der Waals surface area contributed by atoms with Crippen LogP contribution in [0.2, 0.25) is 0 Å². The van der Waals surface area contributed by atoms with Crippen molar-refractivity contribution in [2.24, 2.45) is 11.7 Å². The third-order valence-electron chi connectivity index (χ3n) is 2.08. The Morgan fingerprint density at radius 2 is 2.29 bits per heavy atom. The summed E-state index contributed by atoms with van der Waals surface area (Å²) in [4.78, 5) is 15.6. The molecule has 1 aromatic heterocycles. The molecule has 0 spiro atoms. The number of nitrogens with two attached hydrogens (primary N) is 1. The summed E-state index contributed by atoms with van der Waals surface area (Å²) in [6, 6.07) is -0.389. The molecule has 3 nitrogen and oxygen atoms in total. The van der Waals surface area contributed by atoms with Gasteiger partial charge in [0.15, 0.2) is 5.78 Å². The fourth-order valence-corrected chi connectivity index (χ4v) is 1.71. The summed E-state index contributed by atoms with van der Waals surface area (Å²) < 4.78 is 0. The lowest BCUT2D eigenvalue weighted by atomic mass is 10.0. The minimum absolute atomic E-state index is 0.0353. The molecular formula is C10H16N2OS. The van der Waals surface area contributed by atoms with Gasteiger partial charge in [0, 0.05) is 5.38 Å². The standard InChI is InChI=1S/C10H16N2OS/c1-7(2)3-4-8(11)10(13)9-5-14-6-12-9/h5-8H,3-4,11H2,1-2H3. The minimum Gasteiger partial charge on any atom is -0.321 e. The quantitative estimate of drug-likeness (QED) is 0.760. The second-order valence-corrected chi connectivity index (χ2v) is 4.53. The number of ketones is 1. The molecule has 0 aromatic carbocycles.